The Balaban J connectivity index is 2.11. The fourth-order valence-electron chi connectivity index (χ4n) is 4.19. The van der Waals surface area contributed by atoms with Crippen LogP contribution in [0.2, 0.25) is 0 Å². The van der Waals surface area contributed by atoms with Crippen LogP contribution in [0.1, 0.15) is 52.2 Å². The quantitative estimate of drug-likeness (QED) is 0.594. The van der Waals surface area contributed by atoms with E-state index in [4.69, 9.17) is 10.1 Å². The third-order valence-corrected chi connectivity index (χ3v) is 6.55. The van der Waals surface area contributed by atoms with Gasteiger partial charge in [-0.3, -0.25) is 4.79 Å². The van der Waals surface area contributed by atoms with Crippen LogP contribution in [0.3, 0.4) is 0 Å². The smallest absolute Gasteiger partial charge is 0.265 e. The summed E-state index contributed by atoms with van der Waals surface area (Å²) in [5, 5.41) is 5.51. The van der Waals surface area contributed by atoms with E-state index in [-0.39, 0.29) is 11.0 Å². The molecule has 1 atom stereocenters. The molecule has 0 aliphatic heterocycles. The summed E-state index contributed by atoms with van der Waals surface area (Å²) in [4.78, 5) is 18.9. The summed E-state index contributed by atoms with van der Waals surface area (Å²) in [5.41, 5.74) is 3.87. The topological polar surface area (TPSA) is 52.2 Å². The lowest BCUT2D eigenvalue weighted by Gasteiger charge is -2.35. The van der Waals surface area contributed by atoms with Gasteiger partial charge in [0, 0.05) is 17.5 Å². The Hall–Kier alpha value is -2.08. The van der Waals surface area contributed by atoms with E-state index in [1.807, 2.05) is 10.7 Å². The third-order valence-electron chi connectivity index (χ3n) is 5.74. The van der Waals surface area contributed by atoms with Crippen molar-refractivity contribution in [1.82, 2.24) is 19.2 Å². The van der Waals surface area contributed by atoms with Gasteiger partial charge < -0.3 is 0 Å². The Morgan fingerprint density at radius 2 is 2.00 bits per heavy atom. The Labute approximate surface area is 170 Å². The van der Waals surface area contributed by atoms with Crippen LogP contribution >= 0.6 is 11.8 Å². The zero-order valence-corrected chi connectivity index (χ0v) is 18.1. The van der Waals surface area contributed by atoms with E-state index in [0.717, 1.165) is 47.1 Å². The lowest BCUT2D eigenvalue weighted by molar-refractivity contribution is 0.439. The van der Waals surface area contributed by atoms with Crippen molar-refractivity contribution >= 4 is 17.5 Å². The van der Waals surface area contributed by atoms with Crippen molar-refractivity contribution in [2.24, 2.45) is 5.92 Å². The van der Waals surface area contributed by atoms with E-state index >= 15 is 0 Å². The number of hydrogen-bond donors (Lipinski definition) is 0. The van der Waals surface area contributed by atoms with Crippen LogP contribution in [-0.2, 0) is 18.4 Å². The first-order valence-electron chi connectivity index (χ1n) is 10.1. The number of thioether (sulfide) groups is 1. The zero-order chi connectivity index (χ0) is 20.1. The van der Waals surface area contributed by atoms with E-state index in [2.05, 4.69) is 52.8 Å². The Morgan fingerprint density at radius 3 is 2.68 bits per heavy atom. The molecule has 0 fully saturated rings. The van der Waals surface area contributed by atoms with Crippen LogP contribution < -0.4 is 5.56 Å². The van der Waals surface area contributed by atoms with Crippen molar-refractivity contribution in [2.45, 2.75) is 64.6 Å². The number of benzene rings is 1. The predicted molar refractivity (Wildman–Crippen MR) is 115 cm³/mol. The molecule has 0 saturated heterocycles. The molecule has 0 N–H and O–H groups in total. The second kappa shape index (κ2) is 7.07. The van der Waals surface area contributed by atoms with Crippen LogP contribution in [0.15, 0.2) is 34.2 Å². The van der Waals surface area contributed by atoms with Crippen molar-refractivity contribution in [3.8, 4) is 11.3 Å². The van der Waals surface area contributed by atoms with Gasteiger partial charge in [-0.1, -0.05) is 70.6 Å². The summed E-state index contributed by atoms with van der Waals surface area (Å²) in [7, 11) is 0. The van der Waals surface area contributed by atoms with Crippen molar-refractivity contribution in [2.75, 3.05) is 5.75 Å². The first-order valence-corrected chi connectivity index (χ1v) is 11.1. The SMILES string of the molecule is CCSc1nn(CC(C)C)c2nc3c(c(=O)n12)[C@@](C)(CC)Cc1ccccc1-3. The highest BCUT2D eigenvalue weighted by Crippen LogP contribution is 2.42. The van der Waals surface area contributed by atoms with Gasteiger partial charge in [0.05, 0.1) is 11.3 Å². The van der Waals surface area contributed by atoms with Crippen molar-refractivity contribution < 1.29 is 0 Å². The number of nitrogens with zero attached hydrogens (tertiary/aromatic N) is 4. The molecule has 0 spiro atoms. The number of rotatable bonds is 5. The second-order valence-corrected chi connectivity index (χ2v) is 9.55. The normalized spacial score (nSPS) is 18.5. The molecule has 1 aliphatic carbocycles. The summed E-state index contributed by atoms with van der Waals surface area (Å²) in [5.74, 6) is 1.94. The van der Waals surface area contributed by atoms with Gasteiger partial charge in [-0.25, -0.2) is 14.1 Å². The fraction of sp³-hybridized carbons (Fsp3) is 0.500. The maximum absolute atomic E-state index is 13.8. The molecule has 1 aromatic carbocycles. The second-order valence-electron chi connectivity index (χ2n) is 8.32. The summed E-state index contributed by atoms with van der Waals surface area (Å²) < 4.78 is 3.65. The lowest BCUT2D eigenvalue weighted by atomic mass is 9.69. The van der Waals surface area contributed by atoms with Crippen molar-refractivity contribution in [3.63, 3.8) is 0 Å². The molecule has 2 heterocycles. The van der Waals surface area contributed by atoms with Gasteiger partial charge in [-0.2, -0.15) is 0 Å². The highest BCUT2D eigenvalue weighted by Gasteiger charge is 2.38. The molecule has 5 nitrogen and oxygen atoms in total. The molecule has 6 heteroatoms. The molecule has 2 aromatic heterocycles. The molecule has 0 saturated carbocycles. The standard InChI is InChI=1S/C22H28N4OS/c1-6-22(5)12-15-10-8-9-11-16(15)18-17(22)19(27)26-20(23-18)25(13-14(3)4)24-21(26)28-7-2/h8-11,14H,6-7,12-13H2,1-5H3/t22-/m0/s1. The lowest BCUT2D eigenvalue weighted by Crippen LogP contribution is -2.38. The molecular formula is C22H28N4OS. The van der Waals surface area contributed by atoms with Crippen LogP contribution in [0, 0.1) is 5.92 Å². The first kappa shape index (κ1) is 19.2. The van der Waals surface area contributed by atoms with E-state index in [1.165, 1.54) is 5.56 Å². The average Bonchev–Trinajstić information content (AvgIpc) is 2.99. The van der Waals surface area contributed by atoms with E-state index in [1.54, 1.807) is 16.2 Å². The average molecular weight is 397 g/mol. The molecule has 0 unspecified atom stereocenters. The number of aromatic nitrogens is 4. The van der Waals surface area contributed by atoms with Gasteiger partial charge in [0.1, 0.15) is 0 Å². The maximum Gasteiger partial charge on any atom is 0.265 e. The van der Waals surface area contributed by atoms with Gasteiger partial charge in [-0.05, 0) is 30.1 Å². The Morgan fingerprint density at radius 1 is 1.25 bits per heavy atom. The van der Waals surface area contributed by atoms with Gasteiger partial charge in [0.2, 0.25) is 5.78 Å². The monoisotopic (exact) mass is 396 g/mol. The molecule has 0 bridgehead atoms. The summed E-state index contributed by atoms with van der Waals surface area (Å²) in [6.07, 6.45) is 1.76. The van der Waals surface area contributed by atoms with Crippen LogP contribution in [-0.4, -0.2) is 24.9 Å². The van der Waals surface area contributed by atoms with Gasteiger partial charge in [0.25, 0.3) is 5.56 Å². The van der Waals surface area contributed by atoms with E-state index < -0.39 is 0 Å². The minimum atomic E-state index is -0.219. The zero-order valence-electron chi connectivity index (χ0n) is 17.3. The van der Waals surface area contributed by atoms with E-state index in [9.17, 15) is 4.79 Å². The highest BCUT2D eigenvalue weighted by atomic mass is 32.2. The number of hydrogen-bond acceptors (Lipinski definition) is 4. The third kappa shape index (κ3) is 2.89. The fourth-order valence-corrected chi connectivity index (χ4v) is 4.90. The molecule has 148 valence electrons. The Bertz CT molecular complexity index is 1100. The van der Waals surface area contributed by atoms with Crippen molar-refractivity contribution in [1.29, 1.82) is 0 Å². The minimum absolute atomic E-state index is 0.0461. The minimum Gasteiger partial charge on any atom is -0.268 e. The maximum atomic E-state index is 13.8. The summed E-state index contributed by atoms with van der Waals surface area (Å²) >= 11 is 1.60. The largest absolute Gasteiger partial charge is 0.268 e. The summed E-state index contributed by atoms with van der Waals surface area (Å²) in [6.45, 7) is 11.5. The van der Waals surface area contributed by atoms with Crippen LogP contribution in [0.5, 0.6) is 0 Å². The van der Waals surface area contributed by atoms with Gasteiger partial charge in [-0.15, -0.1) is 5.10 Å². The summed E-state index contributed by atoms with van der Waals surface area (Å²) in [6, 6.07) is 8.37. The van der Waals surface area contributed by atoms with Crippen LogP contribution in [0.25, 0.3) is 17.0 Å². The molecule has 1 aliphatic rings. The first-order chi connectivity index (χ1) is 13.4. The predicted octanol–water partition coefficient (Wildman–Crippen LogP) is 4.55. The molecule has 4 rings (SSSR count). The van der Waals surface area contributed by atoms with Crippen LogP contribution in [0.4, 0.5) is 0 Å². The highest BCUT2D eigenvalue weighted by molar-refractivity contribution is 7.99. The van der Waals surface area contributed by atoms with E-state index in [0.29, 0.717) is 11.7 Å². The Kier molecular flexibility index (Phi) is 4.86. The molecule has 0 radical (unpaired) electrons. The number of fused-ring (bicyclic) bond motifs is 4. The van der Waals surface area contributed by atoms with Crippen molar-refractivity contribution in [3.05, 3.63) is 45.7 Å². The van der Waals surface area contributed by atoms with Gasteiger partial charge in [0.15, 0.2) is 5.16 Å². The molecule has 28 heavy (non-hydrogen) atoms. The molecule has 0 amide bonds. The van der Waals surface area contributed by atoms with Gasteiger partial charge >= 0.3 is 0 Å². The molecule has 3 aromatic rings. The molecular weight excluding hydrogens is 368 g/mol.